The highest BCUT2D eigenvalue weighted by Gasteiger charge is 2.31. The molecule has 1 aromatic rings. The van der Waals surface area contributed by atoms with Crippen molar-refractivity contribution in [2.45, 2.75) is 18.9 Å². The van der Waals surface area contributed by atoms with E-state index in [0.29, 0.717) is 12.5 Å². The second-order valence-electron chi connectivity index (χ2n) is 4.77. The van der Waals surface area contributed by atoms with Crippen molar-refractivity contribution in [3.05, 3.63) is 41.7 Å². The third-order valence-electron chi connectivity index (χ3n) is 3.60. The van der Waals surface area contributed by atoms with E-state index in [1.165, 1.54) is 5.56 Å². The molecule has 2 unspecified atom stereocenters. The van der Waals surface area contributed by atoms with Gasteiger partial charge in [0.2, 0.25) is 0 Å². The van der Waals surface area contributed by atoms with Crippen LogP contribution >= 0.6 is 0 Å². The van der Waals surface area contributed by atoms with Gasteiger partial charge in [-0.25, -0.2) is 5.43 Å². The van der Waals surface area contributed by atoms with Crippen LogP contribution in [0.15, 0.2) is 36.1 Å². The van der Waals surface area contributed by atoms with E-state index < -0.39 is 0 Å². The van der Waals surface area contributed by atoms with Crippen LogP contribution < -0.4 is 16.0 Å². The van der Waals surface area contributed by atoms with Gasteiger partial charge in [0.1, 0.15) is 11.5 Å². The Hall–Kier alpha value is -1.52. The maximum Gasteiger partial charge on any atom is 0.122 e. The van der Waals surface area contributed by atoms with Gasteiger partial charge in [-0.2, -0.15) is 0 Å². The predicted octanol–water partition coefficient (Wildman–Crippen LogP) is 1.37. The molecule has 2 heterocycles. The molecular weight excluding hydrogens is 228 g/mol. The predicted molar refractivity (Wildman–Crippen MR) is 68.9 cm³/mol. The summed E-state index contributed by atoms with van der Waals surface area (Å²) in [7, 11) is 0. The molecule has 0 saturated carbocycles. The van der Waals surface area contributed by atoms with Gasteiger partial charge in [-0.15, -0.1) is 0 Å². The number of ether oxygens (including phenoxy) is 2. The van der Waals surface area contributed by atoms with Gasteiger partial charge < -0.3 is 9.47 Å². The normalized spacial score (nSPS) is 23.6. The van der Waals surface area contributed by atoms with Crippen molar-refractivity contribution >= 4 is 0 Å². The molecule has 0 fully saturated rings. The molecule has 0 aliphatic carbocycles. The summed E-state index contributed by atoms with van der Waals surface area (Å²) < 4.78 is 11.4. The van der Waals surface area contributed by atoms with Crippen LogP contribution in [-0.2, 0) is 11.2 Å². The molecule has 96 valence electrons. The number of fused-ring (bicyclic) bond motifs is 1. The van der Waals surface area contributed by atoms with Crippen LogP contribution in [0, 0.1) is 5.92 Å². The molecule has 3 rings (SSSR count). The maximum atomic E-state index is 5.80. The molecule has 18 heavy (non-hydrogen) atoms. The lowest BCUT2D eigenvalue weighted by Crippen LogP contribution is -2.46. The van der Waals surface area contributed by atoms with Gasteiger partial charge in [0.25, 0.3) is 0 Å². The van der Waals surface area contributed by atoms with E-state index in [1.54, 1.807) is 0 Å². The number of rotatable bonds is 3. The maximum absolute atomic E-state index is 5.80. The molecule has 0 spiro atoms. The first kappa shape index (κ1) is 11.6. The van der Waals surface area contributed by atoms with Crippen LogP contribution in [0.1, 0.15) is 12.0 Å². The standard InChI is InChI=1S/C14H18N2O2/c15-16-14(13-6-3-7-17-13)11-8-10-4-1-2-5-12(10)18-9-11/h1-2,4-6,11,14,16H,3,7-9,15H2. The molecule has 0 radical (unpaired) electrons. The summed E-state index contributed by atoms with van der Waals surface area (Å²) in [6, 6.07) is 8.21. The number of hydrazine groups is 1. The Morgan fingerprint density at radius 3 is 2.94 bits per heavy atom. The molecular formula is C14H18N2O2. The number of hydrogen-bond donors (Lipinski definition) is 2. The van der Waals surface area contributed by atoms with Crippen molar-refractivity contribution < 1.29 is 9.47 Å². The minimum atomic E-state index is 0.0425. The monoisotopic (exact) mass is 246 g/mol. The highest BCUT2D eigenvalue weighted by molar-refractivity contribution is 5.35. The zero-order valence-corrected chi connectivity index (χ0v) is 10.3. The van der Waals surface area contributed by atoms with E-state index >= 15 is 0 Å². The van der Waals surface area contributed by atoms with Crippen LogP contribution in [0.3, 0.4) is 0 Å². The van der Waals surface area contributed by atoms with Crippen molar-refractivity contribution in [1.82, 2.24) is 5.43 Å². The zero-order chi connectivity index (χ0) is 12.4. The van der Waals surface area contributed by atoms with Gasteiger partial charge in [0.15, 0.2) is 0 Å². The molecule has 1 aromatic carbocycles. The molecule has 0 aromatic heterocycles. The minimum absolute atomic E-state index is 0.0425. The Bertz CT molecular complexity index is 459. The summed E-state index contributed by atoms with van der Waals surface area (Å²) in [5.74, 6) is 7.95. The first-order valence-electron chi connectivity index (χ1n) is 6.38. The average Bonchev–Trinajstić information content (AvgIpc) is 2.93. The minimum Gasteiger partial charge on any atom is -0.496 e. The fourth-order valence-corrected chi connectivity index (χ4v) is 2.67. The first-order chi connectivity index (χ1) is 8.88. The quantitative estimate of drug-likeness (QED) is 0.625. The second-order valence-corrected chi connectivity index (χ2v) is 4.77. The van der Waals surface area contributed by atoms with Crippen molar-refractivity contribution in [3.8, 4) is 5.75 Å². The number of para-hydroxylation sites is 1. The highest BCUT2D eigenvalue weighted by Crippen LogP contribution is 2.31. The Morgan fingerprint density at radius 2 is 2.17 bits per heavy atom. The fraction of sp³-hybridized carbons (Fsp3) is 0.429. The molecule has 0 amide bonds. The average molecular weight is 246 g/mol. The summed E-state index contributed by atoms with van der Waals surface area (Å²) in [6.07, 6.45) is 4.05. The van der Waals surface area contributed by atoms with Gasteiger partial charge in [0.05, 0.1) is 19.3 Å². The molecule has 3 N–H and O–H groups in total. The van der Waals surface area contributed by atoms with E-state index in [9.17, 15) is 0 Å². The Balaban J connectivity index is 1.78. The van der Waals surface area contributed by atoms with Crippen LogP contribution in [0.2, 0.25) is 0 Å². The summed E-state index contributed by atoms with van der Waals surface area (Å²) in [5.41, 5.74) is 4.11. The van der Waals surface area contributed by atoms with Crippen molar-refractivity contribution in [2.24, 2.45) is 11.8 Å². The topological polar surface area (TPSA) is 56.5 Å². The third kappa shape index (κ3) is 2.09. The van der Waals surface area contributed by atoms with Gasteiger partial charge in [-0.1, -0.05) is 18.2 Å². The van der Waals surface area contributed by atoms with Crippen molar-refractivity contribution in [3.63, 3.8) is 0 Å². The van der Waals surface area contributed by atoms with E-state index in [-0.39, 0.29) is 6.04 Å². The van der Waals surface area contributed by atoms with Gasteiger partial charge >= 0.3 is 0 Å². The van der Waals surface area contributed by atoms with Crippen LogP contribution in [0.5, 0.6) is 5.75 Å². The van der Waals surface area contributed by atoms with Crippen LogP contribution in [0.25, 0.3) is 0 Å². The highest BCUT2D eigenvalue weighted by atomic mass is 16.5. The number of nitrogens with two attached hydrogens (primary N) is 1. The molecule has 4 heteroatoms. The van der Waals surface area contributed by atoms with E-state index in [0.717, 1.165) is 31.0 Å². The number of hydrogen-bond acceptors (Lipinski definition) is 4. The first-order valence-corrected chi connectivity index (χ1v) is 6.38. The molecule has 2 atom stereocenters. The summed E-state index contributed by atoms with van der Waals surface area (Å²) in [4.78, 5) is 0. The summed E-state index contributed by atoms with van der Waals surface area (Å²) in [5, 5.41) is 0. The van der Waals surface area contributed by atoms with E-state index in [4.69, 9.17) is 15.3 Å². The molecule has 0 bridgehead atoms. The molecule has 2 aliphatic heterocycles. The smallest absolute Gasteiger partial charge is 0.122 e. The largest absolute Gasteiger partial charge is 0.496 e. The summed E-state index contributed by atoms with van der Waals surface area (Å²) >= 11 is 0. The van der Waals surface area contributed by atoms with E-state index in [1.807, 2.05) is 18.2 Å². The number of nitrogens with one attached hydrogen (secondary N) is 1. The SMILES string of the molecule is NNC(C1=CCCO1)C1COc2ccccc2C1. The van der Waals surface area contributed by atoms with Gasteiger partial charge in [-0.3, -0.25) is 5.84 Å². The summed E-state index contributed by atoms with van der Waals surface area (Å²) in [6.45, 7) is 1.43. The zero-order valence-electron chi connectivity index (χ0n) is 10.3. The fourth-order valence-electron chi connectivity index (χ4n) is 2.67. The van der Waals surface area contributed by atoms with Crippen molar-refractivity contribution in [1.29, 1.82) is 0 Å². The van der Waals surface area contributed by atoms with Crippen molar-refractivity contribution in [2.75, 3.05) is 13.2 Å². The van der Waals surface area contributed by atoms with Crippen LogP contribution in [-0.4, -0.2) is 19.3 Å². The van der Waals surface area contributed by atoms with Gasteiger partial charge in [-0.05, 0) is 24.1 Å². The molecule has 2 aliphatic rings. The number of benzene rings is 1. The second kappa shape index (κ2) is 5.00. The van der Waals surface area contributed by atoms with Gasteiger partial charge in [0, 0.05) is 12.3 Å². The lowest BCUT2D eigenvalue weighted by Gasteiger charge is -2.31. The molecule has 0 saturated heterocycles. The third-order valence-corrected chi connectivity index (χ3v) is 3.60. The Morgan fingerprint density at radius 1 is 1.28 bits per heavy atom. The van der Waals surface area contributed by atoms with E-state index in [2.05, 4.69) is 17.6 Å². The Labute approximate surface area is 107 Å². The molecule has 4 nitrogen and oxygen atoms in total. The van der Waals surface area contributed by atoms with Crippen LogP contribution in [0.4, 0.5) is 0 Å². The lowest BCUT2D eigenvalue weighted by atomic mass is 9.89. The lowest BCUT2D eigenvalue weighted by molar-refractivity contribution is 0.148. The Kier molecular flexibility index (Phi) is 3.21.